The average molecular weight is 568 g/mol. The second kappa shape index (κ2) is 14.4. The maximum atomic E-state index is 13.4. The highest BCUT2D eigenvalue weighted by Crippen LogP contribution is 2.25. The number of amides is 3. The molecule has 0 saturated carbocycles. The maximum absolute atomic E-state index is 13.4. The molecule has 0 fully saturated rings. The quantitative estimate of drug-likeness (QED) is 0.155. The number of hydrogen-bond donors (Lipinski definition) is 3. The van der Waals surface area contributed by atoms with Crippen molar-refractivity contribution in [3.05, 3.63) is 120 Å². The van der Waals surface area contributed by atoms with Crippen molar-refractivity contribution in [1.29, 1.82) is 0 Å². The Bertz CT molecular complexity index is 1560. The van der Waals surface area contributed by atoms with Gasteiger partial charge in [0.05, 0.1) is 25.7 Å². The van der Waals surface area contributed by atoms with E-state index in [1.807, 2.05) is 24.3 Å². The third-order valence-corrected chi connectivity index (χ3v) is 6.77. The highest BCUT2D eigenvalue weighted by Gasteiger charge is 2.16. The summed E-state index contributed by atoms with van der Waals surface area (Å²) in [5, 5.41) is 8.42. The largest absolute Gasteiger partial charge is 0.497 e. The minimum absolute atomic E-state index is 0.0568. The SMILES string of the molecule is COc1cccc(/C=C(\NC(=O)c2ccccc2)C(=O)Nc2cccc(SCC(=O)Nc3ccccc3OC)c2)c1. The molecule has 3 amide bonds. The van der Waals surface area contributed by atoms with E-state index in [1.54, 1.807) is 99.2 Å². The Kier molecular flexibility index (Phi) is 10.2. The Hall–Kier alpha value is -5.02. The van der Waals surface area contributed by atoms with Gasteiger partial charge in [0.1, 0.15) is 17.2 Å². The molecule has 3 N–H and O–H groups in total. The lowest BCUT2D eigenvalue weighted by atomic mass is 10.1. The van der Waals surface area contributed by atoms with Gasteiger partial charge in [-0.2, -0.15) is 0 Å². The normalized spacial score (nSPS) is 10.8. The Morgan fingerprint density at radius 3 is 2.32 bits per heavy atom. The number of benzene rings is 4. The number of hydrogen-bond acceptors (Lipinski definition) is 6. The van der Waals surface area contributed by atoms with E-state index in [1.165, 1.54) is 11.8 Å². The first-order valence-corrected chi connectivity index (χ1v) is 13.6. The summed E-state index contributed by atoms with van der Waals surface area (Å²) in [5.74, 6) is 0.235. The summed E-state index contributed by atoms with van der Waals surface area (Å²) in [6.45, 7) is 0. The van der Waals surface area contributed by atoms with Gasteiger partial charge in [0.25, 0.3) is 11.8 Å². The summed E-state index contributed by atoms with van der Waals surface area (Å²) < 4.78 is 10.6. The fourth-order valence-corrected chi connectivity index (χ4v) is 4.54. The van der Waals surface area contributed by atoms with Gasteiger partial charge in [0, 0.05) is 16.1 Å². The topological polar surface area (TPSA) is 106 Å². The lowest BCUT2D eigenvalue weighted by Gasteiger charge is -2.13. The summed E-state index contributed by atoms with van der Waals surface area (Å²) in [6, 6.07) is 30.1. The lowest BCUT2D eigenvalue weighted by molar-refractivity contribution is -0.114. The monoisotopic (exact) mass is 567 g/mol. The Labute approximate surface area is 242 Å². The number of carbonyl (C=O) groups excluding carboxylic acids is 3. The van der Waals surface area contributed by atoms with E-state index in [0.29, 0.717) is 34.0 Å². The van der Waals surface area contributed by atoms with Gasteiger partial charge in [0.15, 0.2) is 0 Å². The summed E-state index contributed by atoms with van der Waals surface area (Å²) in [6.07, 6.45) is 1.58. The molecule has 0 spiro atoms. The van der Waals surface area contributed by atoms with Crippen LogP contribution in [0.15, 0.2) is 114 Å². The summed E-state index contributed by atoms with van der Waals surface area (Å²) >= 11 is 1.32. The molecule has 0 aliphatic rings. The average Bonchev–Trinajstić information content (AvgIpc) is 3.00. The van der Waals surface area contributed by atoms with Gasteiger partial charge >= 0.3 is 0 Å². The first-order valence-electron chi connectivity index (χ1n) is 12.6. The van der Waals surface area contributed by atoms with E-state index >= 15 is 0 Å². The summed E-state index contributed by atoms with van der Waals surface area (Å²) in [5.41, 5.74) is 2.25. The molecule has 0 unspecified atom stereocenters. The van der Waals surface area contributed by atoms with Crippen LogP contribution >= 0.6 is 11.8 Å². The molecule has 0 radical (unpaired) electrons. The number of nitrogens with one attached hydrogen (secondary N) is 3. The van der Waals surface area contributed by atoms with E-state index in [2.05, 4.69) is 16.0 Å². The zero-order chi connectivity index (χ0) is 29.0. The summed E-state index contributed by atoms with van der Waals surface area (Å²) in [7, 11) is 3.10. The Balaban J connectivity index is 1.46. The number of methoxy groups -OCH3 is 2. The lowest BCUT2D eigenvalue weighted by Crippen LogP contribution is -2.30. The van der Waals surface area contributed by atoms with Crippen LogP contribution in [0.2, 0.25) is 0 Å². The molecule has 9 heteroatoms. The van der Waals surface area contributed by atoms with Crippen molar-refractivity contribution in [3.8, 4) is 11.5 Å². The van der Waals surface area contributed by atoms with Crippen molar-refractivity contribution in [2.75, 3.05) is 30.6 Å². The first kappa shape index (κ1) is 29.0. The highest BCUT2D eigenvalue weighted by molar-refractivity contribution is 8.00. The molecule has 41 heavy (non-hydrogen) atoms. The van der Waals surface area contributed by atoms with Crippen LogP contribution in [0.5, 0.6) is 11.5 Å². The van der Waals surface area contributed by atoms with E-state index in [-0.39, 0.29) is 17.4 Å². The van der Waals surface area contributed by atoms with Crippen LogP contribution in [0.1, 0.15) is 15.9 Å². The van der Waals surface area contributed by atoms with Crippen molar-refractivity contribution in [2.45, 2.75) is 4.90 Å². The van der Waals surface area contributed by atoms with Gasteiger partial charge in [-0.1, -0.05) is 48.5 Å². The van der Waals surface area contributed by atoms with Crippen molar-refractivity contribution in [1.82, 2.24) is 5.32 Å². The number of ether oxygens (including phenoxy) is 2. The molecule has 0 aliphatic heterocycles. The number of para-hydroxylation sites is 2. The van der Waals surface area contributed by atoms with Crippen LogP contribution in [-0.4, -0.2) is 37.7 Å². The third kappa shape index (κ3) is 8.48. The predicted molar refractivity (Wildman–Crippen MR) is 162 cm³/mol. The molecule has 0 saturated heterocycles. The zero-order valence-electron chi connectivity index (χ0n) is 22.5. The van der Waals surface area contributed by atoms with Crippen molar-refractivity contribution in [3.63, 3.8) is 0 Å². The molecule has 4 rings (SSSR count). The fraction of sp³-hybridized carbons (Fsp3) is 0.0938. The summed E-state index contributed by atoms with van der Waals surface area (Å²) in [4.78, 5) is 39.6. The van der Waals surface area contributed by atoms with Crippen LogP contribution in [0.4, 0.5) is 11.4 Å². The van der Waals surface area contributed by atoms with Crippen LogP contribution in [0.25, 0.3) is 6.08 Å². The Morgan fingerprint density at radius 1 is 0.780 bits per heavy atom. The molecule has 4 aromatic carbocycles. The molecule has 4 aromatic rings. The van der Waals surface area contributed by atoms with E-state index in [9.17, 15) is 14.4 Å². The van der Waals surface area contributed by atoms with Gasteiger partial charge in [-0.25, -0.2) is 0 Å². The molecule has 8 nitrogen and oxygen atoms in total. The number of carbonyl (C=O) groups is 3. The van der Waals surface area contributed by atoms with E-state index in [0.717, 1.165) is 4.90 Å². The molecule has 208 valence electrons. The number of rotatable bonds is 11. The molecular formula is C32H29N3O5S. The second-order valence-corrected chi connectivity index (χ2v) is 9.72. The predicted octanol–water partition coefficient (Wildman–Crippen LogP) is 5.84. The van der Waals surface area contributed by atoms with Crippen LogP contribution in [0, 0.1) is 0 Å². The smallest absolute Gasteiger partial charge is 0.272 e. The van der Waals surface area contributed by atoms with Crippen molar-refractivity contribution in [2.24, 2.45) is 0 Å². The van der Waals surface area contributed by atoms with Gasteiger partial charge in [-0.15, -0.1) is 11.8 Å². The number of thioether (sulfide) groups is 1. The third-order valence-electron chi connectivity index (χ3n) is 5.78. The molecule has 0 aromatic heterocycles. The molecular weight excluding hydrogens is 538 g/mol. The highest BCUT2D eigenvalue weighted by atomic mass is 32.2. The van der Waals surface area contributed by atoms with Crippen molar-refractivity contribution >= 4 is 46.9 Å². The van der Waals surface area contributed by atoms with Gasteiger partial charge in [-0.3, -0.25) is 14.4 Å². The van der Waals surface area contributed by atoms with Gasteiger partial charge in [0.2, 0.25) is 5.91 Å². The maximum Gasteiger partial charge on any atom is 0.272 e. The number of anilines is 2. The second-order valence-electron chi connectivity index (χ2n) is 8.67. The van der Waals surface area contributed by atoms with E-state index < -0.39 is 11.8 Å². The van der Waals surface area contributed by atoms with Crippen molar-refractivity contribution < 1.29 is 23.9 Å². The van der Waals surface area contributed by atoms with Gasteiger partial charge in [-0.05, 0) is 66.2 Å². The van der Waals surface area contributed by atoms with Gasteiger partial charge < -0.3 is 25.4 Å². The van der Waals surface area contributed by atoms with Crippen LogP contribution in [-0.2, 0) is 9.59 Å². The molecule has 0 bridgehead atoms. The first-order chi connectivity index (χ1) is 19.9. The minimum Gasteiger partial charge on any atom is -0.497 e. The fourth-order valence-electron chi connectivity index (χ4n) is 3.79. The van der Waals surface area contributed by atoms with Crippen LogP contribution < -0.4 is 25.4 Å². The van der Waals surface area contributed by atoms with E-state index in [4.69, 9.17) is 9.47 Å². The standard InChI is InChI=1S/C32H29N3O5S/c1-39-25-14-8-10-22(18-25)19-28(35-31(37)23-11-4-3-5-12-23)32(38)33-24-13-9-15-26(20-24)41-21-30(36)34-27-16-6-7-17-29(27)40-2/h3-20H,21H2,1-2H3,(H,33,38)(H,34,36)(H,35,37)/b28-19-. The minimum atomic E-state index is -0.506. The molecule has 0 atom stereocenters. The molecule has 0 aliphatic carbocycles. The van der Waals surface area contributed by atoms with Crippen LogP contribution in [0.3, 0.4) is 0 Å². The zero-order valence-corrected chi connectivity index (χ0v) is 23.4. The Morgan fingerprint density at radius 2 is 1.54 bits per heavy atom. The molecule has 0 heterocycles.